The first-order chi connectivity index (χ1) is 20.9. The van der Waals surface area contributed by atoms with Crippen LogP contribution in [0.2, 0.25) is 0 Å². The van der Waals surface area contributed by atoms with Gasteiger partial charge >= 0.3 is 18.3 Å². The van der Waals surface area contributed by atoms with E-state index in [2.05, 4.69) is 16.4 Å². The molecule has 0 radical (unpaired) electrons. The van der Waals surface area contributed by atoms with Crippen LogP contribution in [0.4, 0.5) is 35.1 Å². The number of hydrogen-bond donors (Lipinski definition) is 0. The number of rotatable bonds is 13. The van der Waals surface area contributed by atoms with E-state index in [4.69, 9.17) is 14.2 Å². The molecule has 0 N–H and O–H groups in total. The predicted molar refractivity (Wildman–Crippen MR) is 143 cm³/mol. The van der Waals surface area contributed by atoms with Crippen molar-refractivity contribution >= 4 is 0 Å². The van der Waals surface area contributed by atoms with Gasteiger partial charge in [0.15, 0.2) is 29.9 Å². The molecule has 5 nitrogen and oxygen atoms in total. The Labute approximate surface area is 252 Å². The summed E-state index contributed by atoms with van der Waals surface area (Å²) < 4.78 is 138. The summed E-state index contributed by atoms with van der Waals surface area (Å²) in [7, 11) is 0. The van der Waals surface area contributed by atoms with Crippen molar-refractivity contribution in [1.82, 2.24) is 0 Å². The van der Waals surface area contributed by atoms with Gasteiger partial charge in [0.2, 0.25) is 0 Å². The second-order valence-corrected chi connectivity index (χ2v) is 12.1. The molecular weight excluding hydrogens is 604 g/mol. The fraction of sp³-hybridized carbons (Fsp3) is 0.742. The third-order valence-electron chi connectivity index (χ3n) is 8.81. The molecule has 1 saturated heterocycles. The van der Waals surface area contributed by atoms with E-state index in [0.29, 0.717) is 44.1 Å². The first-order valence-corrected chi connectivity index (χ1v) is 15.4. The summed E-state index contributed by atoms with van der Waals surface area (Å²) in [5.74, 6) is -7.14. The molecule has 0 aromatic heterocycles. The fourth-order valence-corrected chi connectivity index (χ4v) is 6.29. The topological polar surface area (TPSA) is 46.2 Å². The highest BCUT2D eigenvalue weighted by Gasteiger charge is 2.49. The maximum Gasteiger partial charge on any atom is 0.400 e. The Hall–Kier alpha value is -2.12. The Morgan fingerprint density at radius 1 is 0.841 bits per heavy atom. The SMILES string of the molecule is CCCCCC1COC(C2CCC(C(F)(F)OC3CCC(C(F)(F)Oc4cc(F)c(OC=C(F)F)c(F)c4)CC3)CC2)OC1. The third-order valence-corrected chi connectivity index (χ3v) is 8.81. The molecule has 2 aliphatic carbocycles. The minimum Gasteiger partial charge on any atom is -0.453 e. The van der Waals surface area contributed by atoms with Gasteiger partial charge in [-0.3, -0.25) is 0 Å². The molecule has 13 heteroatoms. The van der Waals surface area contributed by atoms with Crippen LogP contribution in [-0.4, -0.2) is 37.8 Å². The van der Waals surface area contributed by atoms with Crippen LogP contribution in [0, 0.1) is 35.3 Å². The van der Waals surface area contributed by atoms with Crippen LogP contribution in [0.15, 0.2) is 24.5 Å². The van der Waals surface area contributed by atoms with Gasteiger partial charge in [-0.25, -0.2) is 8.78 Å². The van der Waals surface area contributed by atoms with Crippen LogP contribution in [-0.2, 0) is 14.2 Å². The van der Waals surface area contributed by atoms with E-state index in [0.717, 1.165) is 19.3 Å². The van der Waals surface area contributed by atoms with Crippen molar-refractivity contribution in [3.05, 3.63) is 36.1 Å². The smallest absolute Gasteiger partial charge is 0.400 e. The summed E-state index contributed by atoms with van der Waals surface area (Å²) >= 11 is 0. The van der Waals surface area contributed by atoms with Gasteiger partial charge in [-0.15, -0.1) is 0 Å². The van der Waals surface area contributed by atoms with Gasteiger partial charge in [0.05, 0.1) is 31.2 Å². The number of alkyl halides is 4. The second kappa shape index (κ2) is 15.4. The molecule has 4 rings (SSSR count). The Bertz CT molecular complexity index is 1050. The van der Waals surface area contributed by atoms with Gasteiger partial charge in [0.25, 0.3) is 0 Å². The highest BCUT2D eigenvalue weighted by molar-refractivity contribution is 5.35. The lowest BCUT2D eigenvalue weighted by Crippen LogP contribution is -2.43. The number of benzene rings is 1. The van der Waals surface area contributed by atoms with Crippen molar-refractivity contribution in [3.63, 3.8) is 0 Å². The normalized spacial score (nSPS) is 28.4. The standard InChI is InChI=1S/C31H40F8O5/c1-2-3-4-5-19-16-41-29(42-17-19)20-6-8-21(9-7-20)30(36,37)43-23-12-10-22(11-13-23)31(38,39)44-24-14-25(32)28(26(33)15-24)40-18-27(34)35/h14-15,18-23,29H,2-13,16-17H2,1H3. The molecular formula is C31H40F8O5. The maximum atomic E-state index is 15.1. The molecule has 1 aromatic rings. The van der Waals surface area contributed by atoms with Crippen molar-refractivity contribution in [3.8, 4) is 11.5 Å². The van der Waals surface area contributed by atoms with Gasteiger partial charge in [-0.1, -0.05) is 26.2 Å². The third kappa shape index (κ3) is 9.45. The average Bonchev–Trinajstić information content (AvgIpc) is 2.97. The van der Waals surface area contributed by atoms with Crippen molar-refractivity contribution < 1.29 is 58.8 Å². The molecule has 1 aliphatic heterocycles. The van der Waals surface area contributed by atoms with Crippen LogP contribution >= 0.6 is 0 Å². The summed E-state index contributed by atoms with van der Waals surface area (Å²) in [6.07, 6.45) is -5.73. The van der Waals surface area contributed by atoms with Crippen molar-refractivity contribution in [2.45, 2.75) is 109 Å². The van der Waals surface area contributed by atoms with E-state index in [1.165, 1.54) is 6.42 Å². The zero-order valence-corrected chi connectivity index (χ0v) is 24.7. The van der Waals surface area contributed by atoms with Crippen molar-refractivity contribution in [1.29, 1.82) is 0 Å². The van der Waals surface area contributed by atoms with Crippen LogP contribution < -0.4 is 9.47 Å². The quantitative estimate of drug-likeness (QED) is 0.122. The molecule has 250 valence electrons. The van der Waals surface area contributed by atoms with Crippen molar-refractivity contribution in [2.24, 2.45) is 23.7 Å². The Morgan fingerprint density at radius 3 is 1.98 bits per heavy atom. The maximum absolute atomic E-state index is 15.1. The molecule has 0 spiro atoms. The zero-order chi connectivity index (χ0) is 31.9. The number of hydrogen-bond acceptors (Lipinski definition) is 5. The van der Waals surface area contributed by atoms with E-state index < -0.39 is 59.4 Å². The molecule has 2 saturated carbocycles. The van der Waals surface area contributed by atoms with E-state index in [1.807, 2.05) is 0 Å². The van der Waals surface area contributed by atoms with Crippen LogP contribution in [0.3, 0.4) is 0 Å². The van der Waals surface area contributed by atoms with Gasteiger partial charge in [0, 0.05) is 24.0 Å². The predicted octanol–water partition coefficient (Wildman–Crippen LogP) is 9.60. The van der Waals surface area contributed by atoms with Gasteiger partial charge in [-0.05, 0) is 57.8 Å². The summed E-state index contributed by atoms with van der Waals surface area (Å²) in [5, 5.41) is 0. The lowest BCUT2D eigenvalue weighted by atomic mass is 9.80. The number of halogens is 8. The molecule has 0 amide bonds. The average molecular weight is 645 g/mol. The highest BCUT2D eigenvalue weighted by Crippen LogP contribution is 2.45. The Kier molecular flexibility index (Phi) is 12.2. The van der Waals surface area contributed by atoms with E-state index in [9.17, 15) is 26.3 Å². The van der Waals surface area contributed by atoms with E-state index >= 15 is 8.78 Å². The van der Waals surface area contributed by atoms with Crippen LogP contribution in [0.5, 0.6) is 11.5 Å². The van der Waals surface area contributed by atoms with Gasteiger partial charge in [0.1, 0.15) is 5.75 Å². The Morgan fingerprint density at radius 2 is 1.41 bits per heavy atom. The number of unbranched alkanes of at least 4 members (excludes halogenated alkanes) is 2. The first kappa shape index (κ1) is 34.7. The molecule has 3 aliphatic rings. The lowest BCUT2D eigenvalue weighted by molar-refractivity contribution is -0.309. The highest BCUT2D eigenvalue weighted by atomic mass is 19.3. The molecule has 0 atom stereocenters. The summed E-state index contributed by atoms with van der Waals surface area (Å²) in [6, 6.07) is 0.774. The minimum absolute atomic E-state index is 0.0389. The largest absolute Gasteiger partial charge is 0.453 e. The van der Waals surface area contributed by atoms with E-state index in [-0.39, 0.29) is 57.0 Å². The zero-order valence-electron chi connectivity index (χ0n) is 24.7. The van der Waals surface area contributed by atoms with Crippen LogP contribution in [0.25, 0.3) is 0 Å². The summed E-state index contributed by atoms with van der Waals surface area (Å²) in [5.41, 5.74) is 0. The summed E-state index contributed by atoms with van der Waals surface area (Å²) in [6.45, 7) is 3.40. The Balaban J connectivity index is 1.20. The van der Waals surface area contributed by atoms with Gasteiger partial charge in [-0.2, -0.15) is 26.3 Å². The van der Waals surface area contributed by atoms with Crippen LogP contribution in [0.1, 0.15) is 84.0 Å². The molecule has 44 heavy (non-hydrogen) atoms. The number of ether oxygens (including phenoxy) is 5. The molecule has 1 aromatic carbocycles. The second-order valence-electron chi connectivity index (χ2n) is 12.1. The molecule has 0 bridgehead atoms. The summed E-state index contributed by atoms with van der Waals surface area (Å²) in [4.78, 5) is 0. The molecule has 0 unspecified atom stereocenters. The minimum atomic E-state index is -3.88. The molecule has 1 heterocycles. The van der Waals surface area contributed by atoms with Gasteiger partial charge < -0.3 is 23.7 Å². The van der Waals surface area contributed by atoms with E-state index in [1.54, 1.807) is 0 Å². The monoisotopic (exact) mass is 644 g/mol. The fourth-order valence-electron chi connectivity index (χ4n) is 6.29. The molecule has 3 fully saturated rings. The van der Waals surface area contributed by atoms with Crippen molar-refractivity contribution in [2.75, 3.05) is 13.2 Å². The lowest BCUT2D eigenvalue weighted by Gasteiger charge is -2.40. The first-order valence-electron chi connectivity index (χ1n) is 15.4.